The van der Waals surface area contributed by atoms with Crippen molar-refractivity contribution >= 4 is 0 Å². The van der Waals surface area contributed by atoms with Crippen LogP contribution in [0.5, 0.6) is 0 Å². The Morgan fingerprint density at radius 1 is 1.13 bits per heavy atom. The van der Waals surface area contributed by atoms with Gasteiger partial charge in [-0.3, -0.25) is 4.90 Å². The molecule has 0 unspecified atom stereocenters. The summed E-state index contributed by atoms with van der Waals surface area (Å²) >= 11 is 0. The first-order valence-corrected chi connectivity index (χ1v) is 11.9. The van der Waals surface area contributed by atoms with Gasteiger partial charge in [0, 0.05) is 63.9 Å². The highest BCUT2D eigenvalue weighted by Gasteiger charge is 2.95. The lowest BCUT2D eigenvalue weighted by Crippen LogP contribution is -2.82. The molecule has 0 amide bonds. The molecule has 3 N–H and O–H groups in total. The van der Waals surface area contributed by atoms with Crippen molar-refractivity contribution in [2.24, 2.45) is 29.1 Å². The first kappa shape index (κ1) is 20.1. The lowest BCUT2D eigenvalue weighted by atomic mass is 9.45. The standard InChI is InChI=1S/C23H35NO7/c1-5-24-9-20-14(31-20)7-13(25)22-11-6-10-12(28-2)8-21(30-4,15(11)16(10)26)23(27,19(22)24)18(29-3)17(20)22/h10-19,25-27H,5-9H2,1-4H3/t10-,11-,12+,13+,14+,15-,16+,17-,18+,19+,20+,21-,22+,23-/m1/s1. The van der Waals surface area contributed by atoms with E-state index in [1.807, 2.05) is 0 Å². The second kappa shape index (κ2) is 5.66. The third-order valence-corrected chi connectivity index (χ3v) is 11.3. The number of methoxy groups -OCH3 is 3. The van der Waals surface area contributed by atoms with Crippen molar-refractivity contribution in [2.45, 2.75) is 79.6 Å². The van der Waals surface area contributed by atoms with Crippen molar-refractivity contribution in [3.63, 3.8) is 0 Å². The fourth-order valence-corrected chi connectivity index (χ4v) is 10.7. The molecule has 7 fully saturated rings. The number of hydrogen-bond donors (Lipinski definition) is 3. The van der Waals surface area contributed by atoms with E-state index in [0.717, 1.165) is 19.5 Å². The van der Waals surface area contributed by atoms with Crippen LogP contribution in [-0.2, 0) is 18.9 Å². The highest BCUT2D eigenvalue weighted by Crippen LogP contribution is 2.81. The normalized spacial score (nSPS) is 67.5. The summed E-state index contributed by atoms with van der Waals surface area (Å²) in [7, 11) is 5.01. The van der Waals surface area contributed by atoms with Crippen LogP contribution in [0.1, 0.15) is 26.2 Å². The average Bonchev–Trinajstić information content (AvgIpc) is 3.31. The predicted molar refractivity (Wildman–Crippen MR) is 107 cm³/mol. The quantitative estimate of drug-likeness (QED) is 0.501. The largest absolute Gasteiger partial charge is 0.392 e. The molecule has 0 aromatic heterocycles. The molecule has 174 valence electrons. The van der Waals surface area contributed by atoms with E-state index in [2.05, 4.69) is 11.8 Å². The molecule has 0 aromatic rings. The summed E-state index contributed by atoms with van der Waals surface area (Å²) in [5, 5.41) is 36.3. The molecule has 0 aromatic carbocycles. The topological polar surface area (TPSA) is 104 Å². The van der Waals surface area contributed by atoms with Gasteiger partial charge in [-0.15, -0.1) is 0 Å². The Morgan fingerprint density at radius 3 is 2.55 bits per heavy atom. The minimum atomic E-state index is -1.39. The van der Waals surface area contributed by atoms with Gasteiger partial charge >= 0.3 is 0 Å². The van der Waals surface area contributed by atoms with Crippen molar-refractivity contribution in [3.05, 3.63) is 0 Å². The van der Waals surface area contributed by atoms with Gasteiger partial charge in [-0.25, -0.2) is 0 Å². The lowest BCUT2D eigenvalue weighted by Gasteiger charge is -2.67. The molecule has 0 radical (unpaired) electrons. The molecule has 5 saturated carbocycles. The van der Waals surface area contributed by atoms with Crippen LogP contribution in [0.25, 0.3) is 0 Å². The zero-order chi connectivity index (χ0) is 21.7. The molecule has 14 atom stereocenters. The number of fused-ring (bicyclic) bond motifs is 2. The van der Waals surface area contributed by atoms with E-state index in [1.54, 1.807) is 21.3 Å². The summed E-state index contributed by atoms with van der Waals surface area (Å²) in [5.41, 5.74) is -3.39. The summed E-state index contributed by atoms with van der Waals surface area (Å²) < 4.78 is 24.8. The highest BCUT2D eigenvalue weighted by molar-refractivity contribution is 5.44. The van der Waals surface area contributed by atoms with Gasteiger partial charge in [0.15, 0.2) is 0 Å². The van der Waals surface area contributed by atoms with Crippen LogP contribution >= 0.6 is 0 Å². The second-order valence-electron chi connectivity index (χ2n) is 11.3. The Kier molecular flexibility index (Phi) is 3.67. The molecule has 7 rings (SSSR count). The number of likely N-dealkylation sites (N-methyl/N-ethyl adjacent to an activating group) is 1. The molecule has 8 heteroatoms. The van der Waals surface area contributed by atoms with Gasteiger partial charge in [0.2, 0.25) is 0 Å². The van der Waals surface area contributed by atoms with Gasteiger partial charge in [-0.2, -0.15) is 0 Å². The highest BCUT2D eigenvalue weighted by atomic mass is 16.6. The van der Waals surface area contributed by atoms with E-state index in [0.29, 0.717) is 12.8 Å². The van der Waals surface area contributed by atoms with Crippen LogP contribution in [0.2, 0.25) is 0 Å². The Bertz CT molecular complexity index is 828. The maximum atomic E-state index is 12.9. The molecule has 2 spiro atoms. The number of nitrogens with zero attached hydrogens (tertiary/aromatic N) is 1. The Labute approximate surface area is 182 Å². The molecule has 7 aliphatic rings. The zero-order valence-electron chi connectivity index (χ0n) is 18.7. The van der Waals surface area contributed by atoms with E-state index in [-0.39, 0.29) is 41.9 Å². The van der Waals surface area contributed by atoms with Crippen LogP contribution in [0.15, 0.2) is 0 Å². The van der Waals surface area contributed by atoms with Crippen LogP contribution in [-0.4, -0.2) is 108 Å². The number of likely N-dealkylation sites (tertiary alicyclic amines) is 1. The number of rotatable bonds is 4. The van der Waals surface area contributed by atoms with E-state index in [9.17, 15) is 15.3 Å². The van der Waals surface area contributed by atoms with E-state index in [1.165, 1.54) is 0 Å². The molecular weight excluding hydrogens is 402 g/mol. The number of hydrogen-bond acceptors (Lipinski definition) is 8. The third kappa shape index (κ3) is 1.67. The van der Waals surface area contributed by atoms with Gasteiger partial charge in [-0.05, 0) is 18.9 Å². The van der Waals surface area contributed by atoms with Crippen LogP contribution in [0.4, 0.5) is 0 Å². The third-order valence-electron chi connectivity index (χ3n) is 11.3. The molecule has 2 heterocycles. The van der Waals surface area contributed by atoms with Crippen molar-refractivity contribution in [1.82, 2.24) is 4.90 Å². The number of aliphatic hydroxyl groups excluding tert-OH is 2. The molecule has 31 heavy (non-hydrogen) atoms. The number of ether oxygens (including phenoxy) is 4. The fraction of sp³-hybridized carbons (Fsp3) is 1.00. The van der Waals surface area contributed by atoms with Crippen LogP contribution in [0, 0.1) is 29.1 Å². The van der Waals surface area contributed by atoms with Gasteiger partial charge < -0.3 is 34.3 Å². The monoisotopic (exact) mass is 437 g/mol. The van der Waals surface area contributed by atoms with E-state index >= 15 is 0 Å². The molecule has 2 saturated heterocycles. The number of piperidine rings is 1. The first-order valence-electron chi connectivity index (χ1n) is 11.9. The van der Waals surface area contributed by atoms with Gasteiger partial charge in [0.1, 0.15) is 16.8 Å². The molecular formula is C23H35NO7. The summed E-state index contributed by atoms with van der Waals surface area (Å²) in [4.78, 5) is 2.33. The van der Waals surface area contributed by atoms with Gasteiger partial charge in [0.05, 0.1) is 36.6 Å². The van der Waals surface area contributed by atoms with Gasteiger partial charge in [-0.1, -0.05) is 6.92 Å². The summed E-state index contributed by atoms with van der Waals surface area (Å²) in [6, 6.07) is -0.312. The minimum Gasteiger partial charge on any atom is -0.392 e. The summed E-state index contributed by atoms with van der Waals surface area (Å²) in [6.07, 6.45) is -0.121. The maximum absolute atomic E-state index is 12.9. The SMILES string of the molecule is CCN1C[C@]23O[C@H]2C[C@H](O)[C@@]24[C@@H]5C[C@H]6[C@H](O)[C@@H]5[C@](OC)(C[C@@H]6OC)[C@@](O)([C@@H](OC)[C@H]32)[C@@H]14. The average molecular weight is 438 g/mol. The Morgan fingerprint density at radius 2 is 1.90 bits per heavy atom. The Balaban J connectivity index is 1.56. The van der Waals surface area contributed by atoms with E-state index in [4.69, 9.17) is 18.9 Å². The van der Waals surface area contributed by atoms with Crippen LogP contribution < -0.4 is 0 Å². The molecule has 5 aliphatic carbocycles. The van der Waals surface area contributed by atoms with Crippen molar-refractivity contribution in [3.8, 4) is 0 Å². The molecule has 2 aliphatic heterocycles. The summed E-state index contributed by atoms with van der Waals surface area (Å²) in [5.74, 6) is -0.393. The zero-order valence-corrected chi connectivity index (χ0v) is 18.7. The maximum Gasteiger partial charge on any atom is 0.136 e. The van der Waals surface area contributed by atoms with Crippen LogP contribution in [0.3, 0.4) is 0 Å². The predicted octanol–water partition coefficient (Wildman–Crippen LogP) is -0.614. The number of epoxide rings is 1. The minimum absolute atomic E-state index is 0.000840. The first-order chi connectivity index (χ1) is 14.8. The molecule has 8 nitrogen and oxygen atoms in total. The fourth-order valence-electron chi connectivity index (χ4n) is 10.7. The molecule has 7 bridgehead atoms. The van der Waals surface area contributed by atoms with Crippen molar-refractivity contribution in [1.29, 1.82) is 0 Å². The lowest BCUT2D eigenvalue weighted by molar-refractivity contribution is -0.318. The summed E-state index contributed by atoms with van der Waals surface area (Å²) in [6.45, 7) is 3.61. The van der Waals surface area contributed by atoms with E-state index < -0.39 is 40.5 Å². The second-order valence-corrected chi connectivity index (χ2v) is 11.3. The van der Waals surface area contributed by atoms with Crippen molar-refractivity contribution in [2.75, 3.05) is 34.4 Å². The smallest absolute Gasteiger partial charge is 0.136 e. The van der Waals surface area contributed by atoms with Gasteiger partial charge in [0.25, 0.3) is 0 Å². The number of aliphatic hydroxyl groups is 3. The Hall–Kier alpha value is -0.320. The van der Waals surface area contributed by atoms with Crippen molar-refractivity contribution < 1.29 is 34.3 Å².